The van der Waals surface area contributed by atoms with Crippen LogP contribution in [0, 0.1) is 0 Å². The van der Waals surface area contributed by atoms with E-state index < -0.39 is 0 Å². The van der Waals surface area contributed by atoms with Gasteiger partial charge in [-0.15, -0.1) is 0 Å². The maximum atomic E-state index is 12.9. The molecule has 2 heterocycles. The molecule has 0 spiro atoms. The van der Waals surface area contributed by atoms with E-state index in [4.69, 9.17) is 0 Å². The second-order valence-corrected chi connectivity index (χ2v) is 6.15. The molecule has 2 amide bonds. The Bertz CT molecular complexity index is 364. The topological polar surface area (TPSA) is 61.4 Å². The molecule has 2 N–H and O–H groups in total. The van der Waals surface area contributed by atoms with E-state index in [1.54, 1.807) is 0 Å². The molecule has 0 aliphatic carbocycles. The molecule has 0 aromatic rings. The van der Waals surface area contributed by atoms with Gasteiger partial charge in [-0.25, -0.2) is 0 Å². The molecule has 0 aromatic heterocycles. The molecule has 2 aliphatic rings. The molecular formula is C15H27N3O2. The summed E-state index contributed by atoms with van der Waals surface area (Å²) in [6, 6.07) is 0.116. The van der Waals surface area contributed by atoms with Crippen LogP contribution in [0.3, 0.4) is 0 Å². The first-order valence-electron chi connectivity index (χ1n) is 7.89. The van der Waals surface area contributed by atoms with E-state index in [2.05, 4.69) is 17.6 Å². The fraction of sp³-hybridized carbons (Fsp3) is 0.867. The molecule has 2 unspecified atom stereocenters. The average molecular weight is 281 g/mol. The van der Waals surface area contributed by atoms with Gasteiger partial charge in [0.2, 0.25) is 11.8 Å². The quantitative estimate of drug-likeness (QED) is 0.809. The first kappa shape index (κ1) is 15.3. The fourth-order valence-electron chi connectivity index (χ4n) is 3.61. The predicted octanol–water partition coefficient (Wildman–Crippen LogP) is 1.04. The maximum absolute atomic E-state index is 12.9. The van der Waals surface area contributed by atoms with Gasteiger partial charge in [-0.2, -0.15) is 0 Å². The average Bonchev–Trinajstić information content (AvgIpc) is 2.87. The standard InChI is InChI=1S/C15H27N3O2/c1-3-7-15(8-5-9-16-15)14(20)18-10-4-6-13(11-18)17-12(2)19/h13,16H,3-11H2,1-2H3,(H,17,19). The third kappa shape index (κ3) is 3.32. The summed E-state index contributed by atoms with van der Waals surface area (Å²) in [5, 5.41) is 6.39. The van der Waals surface area contributed by atoms with Crippen molar-refractivity contribution in [2.24, 2.45) is 0 Å². The largest absolute Gasteiger partial charge is 0.352 e. The van der Waals surface area contributed by atoms with E-state index in [1.807, 2.05) is 4.90 Å². The molecule has 0 radical (unpaired) electrons. The number of rotatable bonds is 4. The Labute approximate surface area is 121 Å². The third-order valence-electron chi connectivity index (χ3n) is 4.45. The van der Waals surface area contributed by atoms with Crippen molar-refractivity contribution in [2.75, 3.05) is 19.6 Å². The van der Waals surface area contributed by atoms with Crippen LogP contribution >= 0.6 is 0 Å². The van der Waals surface area contributed by atoms with E-state index >= 15 is 0 Å². The van der Waals surface area contributed by atoms with Crippen LogP contribution in [0.15, 0.2) is 0 Å². The molecule has 2 atom stereocenters. The van der Waals surface area contributed by atoms with Crippen molar-refractivity contribution in [3.05, 3.63) is 0 Å². The Morgan fingerprint density at radius 2 is 2.20 bits per heavy atom. The zero-order chi connectivity index (χ0) is 14.6. The van der Waals surface area contributed by atoms with Crippen LogP contribution in [0.2, 0.25) is 0 Å². The van der Waals surface area contributed by atoms with Crippen molar-refractivity contribution in [1.29, 1.82) is 0 Å². The molecule has 2 saturated heterocycles. The van der Waals surface area contributed by atoms with Gasteiger partial charge in [0.25, 0.3) is 0 Å². The lowest BCUT2D eigenvalue weighted by molar-refractivity contribution is -0.140. The molecule has 2 aliphatic heterocycles. The summed E-state index contributed by atoms with van der Waals surface area (Å²) in [5.41, 5.74) is -0.340. The van der Waals surface area contributed by atoms with E-state index in [9.17, 15) is 9.59 Å². The third-order valence-corrected chi connectivity index (χ3v) is 4.45. The van der Waals surface area contributed by atoms with Crippen LogP contribution in [0.25, 0.3) is 0 Å². The zero-order valence-electron chi connectivity index (χ0n) is 12.7. The lowest BCUT2D eigenvalue weighted by Crippen LogP contribution is -2.59. The highest BCUT2D eigenvalue weighted by Crippen LogP contribution is 2.28. The number of nitrogens with one attached hydrogen (secondary N) is 2. The van der Waals surface area contributed by atoms with Crippen LogP contribution in [0.5, 0.6) is 0 Å². The molecule has 2 rings (SSSR count). The van der Waals surface area contributed by atoms with Gasteiger partial charge in [0.15, 0.2) is 0 Å². The lowest BCUT2D eigenvalue weighted by atomic mass is 9.89. The fourth-order valence-corrected chi connectivity index (χ4v) is 3.61. The van der Waals surface area contributed by atoms with Gasteiger partial charge >= 0.3 is 0 Å². The van der Waals surface area contributed by atoms with E-state index in [1.165, 1.54) is 6.92 Å². The van der Waals surface area contributed by atoms with Crippen molar-refractivity contribution in [3.8, 4) is 0 Å². The highest BCUT2D eigenvalue weighted by atomic mass is 16.2. The summed E-state index contributed by atoms with van der Waals surface area (Å²) in [7, 11) is 0. The molecule has 5 heteroatoms. The second kappa shape index (κ2) is 6.57. The molecular weight excluding hydrogens is 254 g/mol. The van der Waals surface area contributed by atoms with Gasteiger partial charge in [-0.1, -0.05) is 13.3 Å². The number of nitrogens with zero attached hydrogens (tertiary/aromatic N) is 1. The van der Waals surface area contributed by atoms with Crippen molar-refractivity contribution in [3.63, 3.8) is 0 Å². The summed E-state index contributed by atoms with van der Waals surface area (Å²) < 4.78 is 0. The van der Waals surface area contributed by atoms with E-state index in [0.717, 1.165) is 51.6 Å². The number of carbonyl (C=O) groups is 2. The molecule has 114 valence electrons. The molecule has 0 aromatic carbocycles. The number of piperidine rings is 1. The molecule has 20 heavy (non-hydrogen) atoms. The van der Waals surface area contributed by atoms with Crippen LogP contribution in [0.4, 0.5) is 0 Å². The van der Waals surface area contributed by atoms with Crippen LogP contribution in [-0.4, -0.2) is 47.9 Å². The van der Waals surface area contributed by atoms with Crippen molar-refractivity contribution < 1.29 is 9.59 Å². The van der Waals surface area contributed by atoms with Gasteiger partial charge in [0, 0.05) is 26.1 Å². The van der Waals surface area contributed by atoms with Crippen LogP contribution in [-0.2, 0) is 9.59 Å². The first-order chi connectivity index (χ1) is 9.57. The minimum Gasteiger partial charge on any atom is -0.352 e. The summed E-state index contributed by atoms with van der Waals surface area (Å²) in [6.45, 7) is 6.09. The SMILES string of the molecule is CCCC1(C(=O)N2CCCC(NC(C)=O)C2)CCCN1. The molecule has 0 saturated carbocycles. The summed E-state index contributed by atoms with van der Waals surface area (Å²) in [6.07, 6.45) is 5.89. The van der Waals surface area contributed by atoms with Crippen molar-refractivity contribution >= 4 is 11.8 Å². The van der Waals surface area contributed by atoms with Crippen LogP contribution in [0.1, 0.15) is 52.4 Å². The number of likely N-dealkylation sites (tertiary alicyclic amines) is 1. The van der Waals surface area contributed by atoms with Gasteiger partial charge < -0.3 is 15.5 Å². The molecule has 2 fully saturated rings. The van der Waals surface area contributed by atoms with E-state index in [0.29, 0.717) is 6.54 Å². The van der Waals surface area contributed by atoms with Crippen LogP contribution < -0.4 is 10.6 Å². The minimum absolute atomic E-state index is 0.00781. The van der Waals surface area contributed by atoms with Gasteiger partial charge in [0.05, 0.1) is 5.54 Å². The van der Waals surface area contributed by atoms with Gasteiger partial charge in [0.1, 0.15) is 0 Å². The lowest BCUT2D eigenvalue weighted by Gasteiger charge is -2.39. The van der Waals surface area contributed by atoms with Gasteiger partial charge in [-0.05, 0) is 38.6 Å². The Hall–Kier alpha value is -1.10. The maximum Gasteiger partial charge on any atom is 0.242 e. The summed E-state index contributed by atoms with van der Waals surface area (Å²) in [5.74, 6) is 0.235. The minimum atomic E-state index is -0.340. The number of carbonyl (C=O) groups excluding carboxylic acids is 2. The Morgan fingerprint density at radius 1 is 1.40 bits per heavy atom. The van der Waals surface area contributed by atoms with E-state index in [-0.39, 0.29) is 23.4 Å². The molecule has 0 bridgehead atoms. The summed E-state index contributed by atoms with van der Waals surface area (Å²) in [4.78, 5) is 26.0. The number of hydrogen-bond acceptors (Lipinski definition) is 3. The monoisotopic (exact) mass is 281 g/mol. The molecule has 5 nitrogen and oxygen atoms in total. The van der Waals surface area contributed by atoms with Gasteiger partial charge in [-0.3, -0.25) is 9.59 Å². The highest BCUT2D eigenvalue weighted by molar-refractivity contribution is 5.87. The van der Waals surface area contributed by atoms with Crippen molar-refractivity contribution in [1.82, 2.24) is 15.5 Å². The summed E-state index contributed by atoms with van der Waals surface area (Å²) >= 11 is 0. The predicted molar refractivity (Wildman–Crippen MR) is 78.3 cm³/mol. The Kier molecular flexibility index (Phi) is 5.02. The smallest absolute Gasteiger partial charge is 0.242 e. The Morgan fingerprint density at radius 3 is 2.80 bits per heavy atom. The van der Waals surface area contributed by atoms with Crippen molar-refractivity contribution in [2.45, 2.75) is 64.0 Å². The second-order valence-electron chi connectivity index (χ2n) is 6.15. The highest BCUT2D eigenvalue weighted by Gasteiger charge is 2.43. The normalized spacial score (nSPS) is 30.3. The first-order valence-corrected chi connectivity index (χ1v) is 7.89. The Balaban J connectivity index is 2.01. The zero-order valence-corrected chi connectivity index (χ0v) is 12.7. The number of hydrogen-bond donors (Lipinski definition) is 2. The number of amides is 2.